The van der Waals surface area contributed by atoms with E-state index >= 15 is 0 Å². The molecule has 0 saturated carbocycles. The minimum atomic E-state index is -1.11. The minimum absolute atomic E-state index is 0.0533. The molecule has 8 heteroatoms. The van der Waals surface area contributed by atoms with Crippen molar-refractivity contribution in [1.82, 2.24) is 5.32 Å². The summed E-state index contributed by atoms with van der Waals surface area (Å²) in [4.78, 5) is 10.4. The highest BCUT2D eigenvalue weighted by Gasteiger charge is 2.10. The zero-order valence-electron chi connectivity index (χ0n) is 24.0. The van der Waals surface area contributed by atoms with Gasteiger partial charge in [0.15, 0.2) is 0 Å². The average Bonchev–Trinajstić information content (AvgIpc) is 2.96. The van der Waals surface area contributed by atoms with Crippen LogP contribution in [0.15, 0.2) is 66.7 Å². The normalized spacial score (nSPS) is 11.5. The van der Waals surface area contributed by atoms with Gasteiger partial charge in [-0.25, -0.2) is 4.79 Å². The third-order valence-electron chi connectivity index (χ3n) is 6.62. The van der Waals surface area contributed by atoms with Crippen LogP contribution in [0.2, 0.25) is 0 Å². The van der Waals surface area contributed by atoms with Gasteiger partial charge in [-0.2, -0.15) is 0 Å². The Bertz CT molecular complexity index is 1150. The van der Waals surface area contributed by atoms with Gasteiger partial charge in [0.2, 0.25) is 0 Å². The predicted molar refractivity (Wildman–Crippen MR) is 160 cm³/mol. The maximum absolute atomic E-state index is 10.4. The van der Waals surface area contributed by atoms with Crippen molar-refractivity contribution in [1.29, 1.82) is 0 Å². The standard InChI is InChI=1S/C25H37NO4.C8H8O3/c27-20-23-18-22(13-14-24(23)28)25(29)19-26-15-7-1-2-8-16-30-17-9-6-12-21-10-4-3-5-11-21;1-5-2-3-6(8(10)11)7(9)4-5/h3-5,10-11,13-14,18,25-29H,1-2,6-9,12,15-17,19-20H2;2-4,9H,1H3,(H,10,11). The van der Waals surface area contributed by atoms with E-state index in [1.54, 1.807) is 25.1 Å². The first-order chi connectivity index (χ1) is 19.8. The molecule has 0 bridgehead atoms. The highest BCUT2D eigenvalue weighted by molar-refractivity contribution is 5.90. The highest BCUT2D eigenvalue weighted by Crippen LogP contribution is 2.22. The fourth-order valence-corrected chi connectivity index (χ4v) is 4.21. The number of hydrogen-bond acceptors (Lipinski definition) is 7. The van der Waals surface area contributed by atoms with Gasteiger partial charge >= 0.3 is 5.97 Å². The van der Waals surface area contributed by atoms with Crippen LogP contribution >= 0.6 is 0 Å². The second kappa shape index (κ2) is 19.6. The molecule has 0 aliphatic rings. The Morgan fingerprint density at radius 1 is 0.854 bits per heavy atom. The van der Waals surface area contributed by atoms with E-state index in [1.807, 2.05) is 0 Å². The number of aliphatic hydroxyl groups is 2. The Morgan fingerprint density at radius 2 is 1.56 bits per heavy atom. The van der Waals surface area contributed by atoms with Crippen LogP contribution in [0.4, 0.5) is 0 Å². The lowest BCUT2D eigenvalue weighted by molar-refractivity contribution is 0.0693. The lowest BCUT2D eigenvalue weighted by atomic mass is 10.1. The van der Waals surface area contributed by atoms with E-state index in [4.69, 9.17) is 14.9 Å². The number of unbranched alkanes of at least 4 members (excludes halogenated alkanes) is 4. The summed E-state index contributed by atoms with van der Waals surface area (Å²) in [5, 5.41) is 49.8. The Kier molecular flexibility index (Phi) is 16.2. The molecule has 0 aliphatic carbocycles. The number of aryl methyl sites for hydroxylation is 2. The third kappa shape index (κ3) is 13.7. The van der Waals surface area contributed by atoms with E-state index in [0.29, 0.717) is 17.7 Å². The van der Waals surface area contributed by atoms with Crippen molar-refractivity contribution in [3.8, 4) is 11.5 Å². The van der Waals surface area contributed by atoms with Crippen molar-refractivity contribution in [2.75, 3.05) is 26.3 Å². The molecule has 1 atom stereocenters. The topological polar surface area (TPSA) is 139 Å². The van der Waals surface area contributed by atoms with E-state index in [2.05, 4.69) is 35.6 Å². The first-order valence-corrected chi connectivity index (χ1v) is 14.3. The SMILES string of the molecule is Cc1ccc(C(=O)O)c(O)c1.OCc1cc(C(O)CNCCCCCCOCCCCc2ccccc2)ccc1O. The molecule has 0 fully saturated rings. The monoisotopic (exact) mass is 567 g/mol. The van der Waals surface area contributed by atoms with Gasteiger partial charge in [0.05, 0.1) is 12.7 Å². The number of phenols is 2. The van der Waals surface area contributed by atoms with Crippen molar-refractivity contribution in [2.24, 2.45) is 0 Å². The molecule has 0 aromatic heterocycles. The van der Waals surface area contributed by atoms with Gasteiger partial charge in [0, 0.05) is 25.3 Å². The average molecular weight is 568 g/mol. The maximum atomic E-state index is 10.4. The number of benzene rings is 3. The lowest BCUT2D eigenvalue weighted by Gasteiger charge is -2.14. The smallest absolute Gasteiger partial charge is 0.339 e. The van der Waals surface area contributed by atoms with E-state index < -0.39 is 12.1 Å². The van der Waals surface area contributed by atoms with Gasteiger partial charge in [-0.1, -0.05) is 55.3 Å². The Labute approximate surface area is 243 Å². The molecule has 8 nitrogen and oxygen atoms in total. The summed E-state index contributed by atoms with van der Waals surface area (Å²) in [5.41, 5.74) is 3.31. The van der Waals surface area contributed by atoms with Gasteiger partial charge in [0.1, 0.15) is 17.1 Å². The van der Waals surface area contributed by atoms with Crippen LogP contribution in [-0.4, -0.2) is 57.8 Å². The number of hydrogen-bond donors (Lipinski definition) is 6. The number of carbonyl (C=O) groups is 1. The number of aromatic carboxylic acids is 1. The Morgan fingerprint density at radius 3 is 2.24 bits per heavy atom. The molecule has 0 saturated heterocycles. The van der Waals surface area contributed by atoms with Crippen molar-refractivity contribution in [3.05, 3.63) is 94.5 Å². The van der Waals surface area contributed by atoms with Gasteiger partial charge in [-0.15, -0.1) is 0 Å². The molecule has 3 aromatic rings. The molecule has 41 heavy (non-hydrogen) atoms. The molecular weight excluding hydrogens is 522 g/mol. The van der Waals surface area contributed by atoms with E-state index in [1.165, 1.54) is 30.2 Å². The van der Waals surface area contributed by atoms with Gasteiger partial charge in [0.25, 0.3) is 0 Å². The fourth-order valence-electron chi connectivity index (χ4n) is 4.21. The van der Waals surface area contributed by atoms with E-state index in [0.717, 1.165) is 63.8 Å². The summed E-state index contributed by atoms with van der Waals surface area (Å²) >= 11 is 0. The van der Waals surface area contributed by atoms with E-state index in [-0.39, 0.29) is 23.7 Å². The van der Waals surface area contributed by atoms with Crippen LogP contribution in [0.25, 0.3) is 0 Å². The van der Waals surface area contributed by atoms with E-state index in [9.17, 15) is 20.1 Å². The molecule has 6 N–H and O–H groups in total. The molecule has 0 spiro atoms. The summed E-state index contributed by atoms with van der Waals surface area (Å²) in [5.74, 6) is -1.24. The molecule has 0 heterocycles. The third-order valence-corrected chi connectivity index (χ3v) is 6.62. The van der Waals surface area contributed by atoms with Crippen LogP contribution in [0.3, 0.4) is 0 Å². The molecule has 1 unspecified atom stereocenters. The summed E-state index contributed by atoms with van der Waals surface area (Å²) in [6, 6.07) is 19.9. The van der Waals surface area contributed by atoms with Crippen molar-refractivity contribution in [2.45, 2.75) is 64.6 Å². The molecule has 224 valence electrons. The second-order valence-corrected chi connectivity index (χ2v) is 10.1. The first kappa shape index (κ1) is 33.8. The molecule has 0 aliphatic heterocycles. The predicted octanol–water partition coefficient (Wildman–Crippen LogP) is 5.51. The van der Waals surface area contributed by atoms with Crippen LogP contribution < -0.4 is 5.32 Å². The van der Waals surface area contributed by atoms with Crippen LogP contribution in [-0.2, 0) is 17.8 Å². The minimum Gasteiger partial charge on any atom is -0.508 e. The quantitative estimate of drug-likeness (QED) is 0.117. The fraction of sp³-hybridized carbons (Fsp3) is 0.424. The summed E-state index contributed by atoms with van der Waals surface area (Å²) in [6.45, 7) is 4.56. The first-order valence-electron chi connectivity index (χ1n) is 14.3. The second-order valence-electron chi connectivity index (χ2n) is 10.1. The highest BCUT2D eigenvalue weighted by atomic mass is 16.5. The Hall–Kier alpha value is -3.43. The molecule has 3 rings (SSSR count). The lowest BCUT2D eigenvalue weighted by Crippen LogP contribution is -2.22. The molecule has 0 amide bonds. The number of rotatable bonds is 17. The number of carboxylic acid groups (broad SMARTS) is 1. The van der Waals surface area contributed by atoms with Crippen LogP contribution in [0, 0.1) is 6.92 Å². The molecule has 0 radical (unpaired) electrons. The summed E-state index contributed by atoms with van der Waals surface area (Å²) < 4.78 is 5.72. The van der Waals surface area contributed by atoms with Gasteiger partial charge in [-0.05, 0) is 86.5 Å². The number of aromatic hydroxyl groups is 2. The molecular formula is C33H45NO7. The summed E-state index contributed by atoms with van der Waals surface area (Å²) in [6.07, 6.45) is 7.24. The van der Waals surface area contributed by atoms with Gasteiger partial charge in [-0.3, -0.25) is 0 Å². The number of nitrogens with one attached hydrogen (secondary N) is 1. The molecule has 3 aromatic carbocycles. The van der Waals surface area contributed by atoms with Gasteiger partial charge < -0.3 is 35.6 Å². The zero-order chi connectivity index (χ0) is 29.9. The number of ether oxygens (including phenoxy) is 1. The number of aliphatic hydroxyl groups excluding tert-OH is 2. The van der Waals surface area contributed by atoms with Crippen molar-refractivity contribution >= 4 is 5.97 Å². The van der Waals surface area contributed by atoms with Crippen molar-refractivity contribution in [3.63, 3.8) is 0 Å². The van der Waals surface area contributed by atoms with Crippen LogP contribution in [0.1, 0.15) is 77.2 Å². The Balaban J connectivity index is 0.000000446. The number of carboxylic acids is 1. The maximum Gasteiger partial charge on any atom is 0.339 e. The van der Waals surface area contributed by atoms with Crippen molar-refractivity contribution < 1.29 is 35.1 Å². The van der Waals surface area contributed by atoms with Crippen LogP contribution in [0.5, 0.6) is 11.5 Å². The summed E-state index contributed by atoms with van der Waals surface area (Å²) in [7, 11) is 0. The largest absolute Gasteiger partial charge is 0.508 e. The zero-order valence-corrected chi connectivity index (χ0v) is 24.0.